The van der Waals surface area contributed by atoms with E-state index < -0.39 is 5.56 Å². The molecule has 0 aliphatic carbocycles. The van der Waals surface area contributed by atoms with Crippen molar-refractivity contribution in [1.82, 2.24) is 15.2 Å². The first-order chi connectivity index (χ1) is 14.1. The topological polar surface area (TPSA) is 114 Å². The largest absolute Gasteiger partial charge is 0.398 e. The normalized spacial score (nSPS) is 10.8. The lowest BCUT2D eigenvalue weighted by Gasteiger charge is -2.08. The Bertz CT molecular complexity index is 1250. The molecular formula is C21H17N5O2S. The first kappa shape index (κ1) is 18.7. The van der Waals surface area contributed by atoms with E-state index in [1.807, 2.05) is 42.5 Å². The quantitative estimate of drug-likeness (QED) is 0.348. The van der Waals surface area contributed by atoms with Crippen molar-refractivity contribution in [2.45, 2.75) is 5.16 Å². The van der Waals surface area contributed by atoms with Crippen LogP contribution in [0, 0.1) is 0 Å². The summed E-state index contributed by atoms with van der Waals surface area (Å²) in [6.07, 6.45) is 0. The molecule has 4 N–H and O–H groups in total. The SMILES string of the molecule is Nc1ccccc1-c1nnc(SCC(=O)Nc2cccc3ccccc23)[nH]c1=O. The maximum atomic E-state index is 12.4. The fourth-order valence-corrected chi connectivity index (χ4v) is 3.53. The monoisotopic (exact) mass is 403 g/mol. The predicted octanol–water partition coefficient (Wildman–Crippen LogP) is 3.30. The average Bonchev–Trinajstić information content (AvgIpc) is 2.73. The van der Waals surface area contributed by atoms with E-state index in [4.69, 9.17) is 5.73 Å². The zero-order valence-electron chi connectivity index (χ0n) is 15.3. The second-order valence-electron chi connectivity index (χ2n) is 6.26. The molecule has 0 unspecified atom stereocenters. The third-order valence-corrected chi connectivity index (χ3v) is 5.16. The van der Waals surface area contributed by atoms with Gasteiger partial charge in [-0.3, -0.25) is 14.6 Å². The van der Waals surface area contributed by atoms with Gasteiger partial charge in [-0.05, 0) is 17.5 Å². The number of fused-ring (bicyclic) bond motifs is 1. The number of H-pyrrole nitrogens is 1. The molecule has 0 saturated carbocycles. The molecule has 0 saturated heterocycles. The Morgan fingerprint density at radius 2 is 1.76 bits per heavy atom. The molecule has 4 aromatic rings. The smallest absolute Gasteiger partial charge is 0.278 e. The fourth-order valence-electron chi connectivity index (χ4n) is 2.93. The van der Waals surface area contributed by atoms with Gasteiger partial charge in [0.05, 0.1) is 5.75 Å². The number of benzene rings is 3. The predicted molar refractivity (Wildman–Crippen MR) is 116 cm³/mol. The maximum Gasteiger partial charge on any atom is 0.278 e. The first-order valence-electron chi connectivity index (χ1n) is 8.84. The number of rotatable bonds is 5. The van der Waals surface area contributed by atoms with Crippen LogP contribution < -0.4 is 16.6 Å². The van der Waals surface area contributed by atoms with Crippen LogP contribution in [-0.2, 0) is 4.79 Å². The van der Waals surface area contributed by atoms with Gasteiger partial charge >= 0.3 is 0 Å². The lowest BCUT2D eigenvalue weighted by molar-refractivity contribution is -0.113. The number of nitrogen functional groups attached to an aromatic ring is 1. The van der Waals surface area contributed by atoms with Crippen molar-refractivity contribution in [3.05, 3.63) is 77.1 Å². The number of hydrogen-bond donors (Lipinski definition) is 3. The maximum absolute atomic E-state index is 12.4. The zero-order chi connectivity index (χ0) is 20.2. The highest BCUT2D eigenvalue weighted by molar-refractivity contribution is 7.99. The number of thioether (sulfide) groups is 1. The molecule has 29 heavy (non-hydrogen) atoms. The second-order valence-corrected chi connectivity index (χ2v) is 7.22. The second kappa shape index (κ2) is 8.15. The van der Waals surface area contributed by atoms with Crippen LogP contribution in [0.25, 0.3) is 22.0 Å². The van der Waals surface area contributed by atoms with Crippen molar-refractivity contribution in [1.29, 1.82) is 0 Å². The molecule has 1 aromatic heterocycles. The van der Waals surface area contributed by atoms with Gasteiger partial charge in [0.1, 0.15) is 0 Å². The molecule has 0 aliphatic rings. The van der Waals surface area contributed by atoms with Crippen molar-refractivity contribution >= 4 is 39.8 Å². The molecule has 0 fully saturated rings. The highest BCUT2D eigenvalue weighted by Crippen LogP contribution is 2.24. The molecule has 0 bridgehead atoms. The van der Waals surface area contributed by atoms with Crippen molar-refractivity contribution < 1.29 is 4.79 Å². The Balaban J connectivity index is 1.45. The third-order valence-electron chi connectivity index (χ3n) is 4.30. The van der Waals surface area contributed by atoms with Gasteiger partial charge in [0.2, 0.25) is 5.91 Å². The summed E-state index contributed by atoms with van der Waals surface area (Å²) < 4.78 is 0. The number of hydrogen-bond acceptors (Lipinski definition) is 6. The van der Waals surface area contributed by atoms with Gasteiger partial charge in [0.15, 0.2) is 10.9 Å². The number of carbonyl (C=O) groups excluding carboxylic acids is 1. The Kier molecular flexibility index (Phi) is 5.26. The Morgan fingerprint density at radius 3 is 2.59 bits per heavy atom. The Labute approximate surface area is 170 Å². The van der Waals surface area contributed by atoms with Crippen LogP contribution in [0.2, 0.25) is 0 Å². The summed E-state index contributed by atoms with van der Waals surface area (Å²) >= 11 is 1.10. The van der Waals surface area contributed by atoms with Gasteiger partial charge in [0.25, 0.3) is 5.56 Å². The van der Waals surface area contributed by atoms with Crippen LogP contribution in [0.15, 0.2) is 76.7 Å². The molecule has 8 heteroatoms. The van der Waals surface area contributed by atoms with E-state index in [1.54, 1.807) is 24.3 Å². The van der Waals surface area contributed by atoms with Crippen molar-refractivity contribution in [3.63, 3.8) is 0 Å². The van der Waals surface area contributed by atoms with Gasteiger partial charge in [0, 0.05) is 22.3 Å². The van der Waals surface area contributed by atoms with Crippen LogP contribution in [0.1, 0.15) is 0 Å². The summed E-state index contributed by atoms with van der Waals surface area (Å²) in [5.41, 5.74) is 7.34. The molecule has 3 aromatic carbocycles. The van der Waals surface area contributed by atoms with Crippen LogP contribution >= 0.6 is 11.8 Å². The molecule has 0 aliphatic heterocycles. The summed E-state index contributed by atoms with van der Waals surface area (Å²) in [7, 11) is 0. The first-order valence-corrected chi connectivity index (χ1v) is 9.82. The summed E-state index contributed by atoms with van der Waals surface area (Å²) in [6.45, 7) is 0. The van der Waals surface area contributed by atoms with Gasteiger partial charge in [-0.15, -0.1) is 10.2 Å². The van der Waals surface area contributed by atoms with E-state index >= 15 is 0 Å². The van der Waals surface area contributed by atoms with E-state index in [0.717, 1.165) is 28.2 Å². The standard InChI is InChI=1S/C21H17N5O2S/c22-16-10-4-3-9-15(16)19-20(28)24-21(26-25-19)29-12-18(27)23-17-11-5-7-13-6-1-2-8-14(13)17/h1-11H,12,22H2,(H,23,27)(H,24,26,28). The molecule has 0 spiro atoms. The highest BCUT2D eigenvalue weighted by Gasteiger charge is 2.12. The number of aromatic amines is 1. The lowest BCUT2D eigenvalue weighted by Crippen LogP contribution is -2.17. The number of anilines is 2. The number of aromatic nitrogens is 3. The number of amides is 1. The van der Waals surface area contributed by atoms with E-state index in [9.17, 15) is 9.59 Å². The van der Waals surface area contributed by atoms with Crippen LogP contribution in [0.5, 0.6) is 0 Å². The van der Waals surface area contributed by atoms with Gasteiger partial charge in [-0.2, -0.15) is 0 Å². The minimum atomic E-state index is -0.408. The number of nitrogens with zero attached hydrogens (tertiary/aromatic N) is 2. The van der Waals surface area contributed by atoms with Gasteiger partial charge in [-0.25, -0.2) is 0 Å². The van der Waals surface area contributed by atoms with Crippen LogP contribution in [0.3, 0.4) is 0 Å². The van der Waals surface area contributed by atoms with Crippen LogP contribution in [-0.4, -0.2) is 26.8 Å². The van der Waals surface area contributed by atoms with Crippen molar-refractivity contribution in [2.24, 2.45) is 0 Å². The minimum Gasteiger partial charge on any atom is -0.398 e. The van der Waals surface area contributed by atoms with Crippen molar-refractivity contribution in [3.8, 4) is 11.3 Å². The number of carbonyl (C=O) groups is 1. The van der Waals surface area contributed by atoms with Crippen LogP contribution in [0.4, 0.5) is 11.4 Å². The highest BCUT2D eigenvalue weighted by atomic mass is 32.2. The van der Waals surface area contributed by atoms with E-state index in [2.05, 4.69) is 20.5 Å². The van der Waals surface area contributed by atoms with E-state index in [0.29, 0.717) is 11.3 Å². The molecule has 144 valence electrons. The van der Waals surface area contributed by atoms with Crippen molar-refractivity contribution in [2.75, 3.05) is 16.8 Å². The molecule has 0 radical (unpaired) electrons. The average molecular weight is 403 g/mol. The van der Waals surface area contributed by atoms with E-state index in [-0.39, 0.29) is 22.5 Å². The number of nitrogens with two attached hydrogens (primary N) is 1. The summed E-state index contributed by atoms with van der Waals surface area (Å²) in [5, 5.41) is 13.2. The van der Waals surface area contributed by atoms with E-state index in [1.165, 1.54) is 0 Å². The fraction of sp³-hybridized carbons (Fsp3) is 0.0476. The third kappa shape index (κ3) is 4.12. The molecule has 0 atom stereocenters. The molecule has 7 nitrogen and oxygen atoms in total. The van der Waals surface area contributed by atoms with Gasteiger partial charge in [-0.1, -0.05) is 66.4 Å². The Morgan fingerprint density at radius 1 is 1.00 bits per heavy atom. The van der Waals surface area contributed by atoms with Gasteiger partial charge < -0.3 is 11.1 Å². The zero-order valence-corrected chi connectivity index (χ0v) is 16.1. The molecule has 1 heterocycles. The summed E-state index contributed by atoms with van der Waals surface area (Å²) in [4.78, 5) is 27.4. The number of para-hydroxylation sites is 1. The molecule has 1 amide bonds. The lowest BCUT2D eigenvalue weighted by atomic mass is 10.1. The number of nitrogens with one attached hydrogen (secondary N) is 2. The molecular weight excluding hydrogens is 386 g/mol. The molecule has 4 rings (SSSR count). The summed E-state index contributed by atoms with van der Waals surface area (Å²) in [6, 6.07) is 20.5. The minimum absolute atomic E-state index is 0.0840. The Hall–Kier alpha value is -3.65. The summed E-state index contributed by atoms with van der Waals surface area (Å²) in [5.74, 6) is -0.119.